The minimum absolute atomic E-state index is 0.479. The van der Waals surface area contributed by atoms with Crippen molar-refractivity contribution in [3.8, 4) is 11.3 Å². The number of nitrogens with zero attached hydrogens (tertiary/aromatic N) is 3. The van der Waals surface area contributed by atoms with E-state index in [0.717, 1.165) is 30.5 Å². The zero-order chi connectivity index (χ0) is 12.4. The van der Waals surface area contributed by atoms with Crippen LogP contribution in [0.4, 0.5) is 5.82 Å². The number of nitrogens with two attached hydrogens (primary N) is 1. The number of hydrogen-bond acceptors (Lipinski definition) is 3. The molecule has 4 heteroatoms. The van der Waals surface area contributed by atoms with Gasteiger partial charge in [-0.15, -0.1) is 0 Å². The van der Waals surface area contributed by atoms with Gasteiger partial charge in [0.25, 0.3) is 0 Å². The standard InChI is InChI=1S/C14H16N4/c15-14-12(7-4-8-17-14)13-9-16-10-18(13)11-5-2-1-3-6-11/h1-2,4,7-11H,3,5-6H2,(H2,15,17). The summed E-state index contributed by atoms with van der Waals surface area (Å²) in [7, 11) is 0. The SMILES string of the molecule is Nc1ncccc1-c1cncn1C1CC=CCC1. The lowest BCUT2D eigenvalue weighted by atomic mass is 10.0. The van der Waals surface area contributed by atoms with Gasteiger partial charge in [0.05, 0.1) is 18.2 Å². The van der Waals surface area contributed by atoms with Crippen molar-refractivity contribution in [3.05, 3.63) is 43.0 Å². The van der Waals surface area contributed by atoms with Gasteiger partial charge in [0.1, 0.15) is 5.82 Å². The van der Waals surface area contributed by atoms with Crippen LogP contribution in [0.1, 0.15) is 25.3 Å². The summed E-state index contributed by atoms with van der Waals surface area (Å²) in [6, 6.07) is 4.38. The van der Waals surface area contributed by atoms with Crippen molar-refractivity contribution >= 4 is 5.82 Å². The quantitative estimate of drug-likeness (QED) is 0.821. The molecule has 2 aromatic heterocycles. The lowest BCUT2D eigenvalue weighted by Gasteiger charge is -2.22. The Kier molecular flexibility index (Phi) is 2.84. The lowest BCUT2D eigenvalue weighted by molar-refractivity contribution is 0.464. The van der Waals surface area contributed by atoms with E-state index in [0.29, 0.717) is 11.9 Å². The largest absolute Gasteiger partial charge is 0.383 e. The maximum atomic E-state index is 5.94. The molecule has 0 saturated heterocycles. The first-order valence-corrected chi connectivity index (χ1v) is 6.24. The topological polar surface area (TPSA) is 56.7 Å². The van der Waals surface area contributed by atoms with Crippen LogP contribution >= 0.6 is 0 Å². The van der Waals surface area contributed by atoms with E-state index in [9.17, 15) is 0 Å². The van der Waals surface area contributed by atoms with Crippen LogP contribution in [0.2, 0.25) is 0 Å². The van der Waals surface area contributed by atoms with Crippen LogP contribution in [0, 0.1) is 0 Å². The summed E-state index contributed by atoms with van der Waals surface area (Å²) in [5, 5.41) is 0. The zero-order valence-corrected chi connectivity index (χ0v) is 10.2. The number of imidazole rings is 1. The third-order valence-corrected chi connectivity index (χ3v) is 3.42. The van der Waals surface area contributed by atoms with Crippen molar-refractivity contribution in [2.45, 2.75) is 25.3 Å². The van der Waals surface area contributed by atoms with Gasteiger partial charge < -0.3 is 10.3 Å². The lowest BCUT2D eigenvalue weighted by Crippen LogP contribution is -2.11. The van der Waals surface area contributed by atoms with E-state index < -0.39 is 0 Å². The molecular formula is C14H16N4. The molecule has 1 aliphatic carbocycles. The Balaban J connectivity index is 2.01. The van der Waals surface area contributed by atoms with Gasteiger partial charge in [0.15, 0.2) is 0 Å². The van der Waals surface area contributed by atoms with Gasteiger partial charge >= 0.3 is 0 Å². The highest BCUT2D eigenvalue weighted by atomic mass is 15.1. The van der Waals surface area contributed by atoms with Gasteiger partial charge in [-0.1, -0.05) is 12.2 Å². The zero-order valence-electron chi connectivity index (χ0n) is 10.2. The van der Waals surface area contributed by atoms with Crippen molar-refractivity contribution < 1.29 is 0 Å². The van der Waals surface area contributed by atoms with Crippen molar-refractivity contribution in [1.82, 2.24) is 14.5 Å². The predicted molar refractivity (Wildman–Crippen MR) is 71.9 cm³/mol. The fraction of sp³-hybridized carbons (Fsp3) is 0.286. The molecular weight excluding hydrogens is 224 g/mol. The number of hydrogen-bond donors (Lipinski definition) is 1. The summed E-state index contributed by atoms with van der Waals surface area (Å²) in [6.45, 7) is 0. The fourth-order valence-corrected chi connectivity index (χ4v) is 2.47. The van der Waals surface area contributed by atoms with E-state index >= 15 is 0 Å². The number of allylic oxidation sites excluding steroid dienone is 2. The summed E-state index contributed by atoms with van der Waals surface area (Å²) in [5.41, 5.74) is 7.96. The highest BCUT2D eigenvalue weighted by molar-refractivity contribution is 5.70. The molecule has 2 heterocycles. The molecule has 1 atom stereocenters. The Hall–Kier alpha value is -2.10. The Bertz CT molecular complexity index is 571. The number of rotatable bonds is 2. The van der Waals surface area contributed by atoms with Crippen LogP contribution in [0.3, 0.4) is 0 Å². The maximum Gasteiger partial charge on any atom is 0.132 e. The summed E-state index contributed by atoms with van der Waals surface area (Å²) in [5.74, 6) is 0.561. The molecule has 0 spiro atoms. The maximum absolute atomic E-state index is 5.94. The first-order chi connectivity index (χ1) is 8.86. The summed E-state index contributed by atoms with van der Waals surface area (Å²) >= 11 is 0. The third-order valence-electron chi connectivity index (χ3n) is 3.42. The molecule has 0 aromatic carbocycles. The third kappa shape index (κ3) is 1.90. The Morgan fingerprint density at radius 1 is 1.33 bits per heavy atom. The minimum atomic E-state index is 0.479. The van der Waals surface area contributed by atoms with E-state index in [1.54, 1.807) is 6.20 Å². The normalized spacial score (nSPS) is 19.0. The van der Waals surface area contributed by atoms with Crippen LogP contribution in [-0.4, -0.2) is 14.5 Å². The Morgan fingerprint density at radius 3 is 3.06 bits per heavy atom. The molecule has 18 heavy (non-hydrogen) atoms. The second-order valence-electron chi connectivity index (χ2n) is 4.56. The van der Waals surface area contributed by atoms with Crippen LogP contribution < -0.4 is 5.73 Å². The summed E-state index contributed by atoms with van der Waals surface area (Å²) < 4.78 is 2.22. The van der Waals surface area contributed by atoms with Gasteiger partial charge in [0.2, 0.25) is 0 Å². The monoisotopic (exact) mass is 240 g/mol. The molecule has 1 unspecified atom stereocenters. The predicted octanol–water partition coefficient (Wildman–Crippen LogP) is 2.81. The summed E-state index contributed by atoms with van der Waals surface area (Å²) in [6.07, 6.45) is 13.3. The molecule has 2 N–H and O–H groups in total. The van der Waals surface area contributed by atoms with Crippen LogP contribution in [0.15, 0.2) is 43.0 Å². The Morgan fingerprint density at radius 2 is 2.28 bits per heavy atom. The number of anilines is 1. The average molecular weight is 240 g/mol. The van der Waals surface area contributed by atoms with Crippen LogP contribution in [0.25, 0.3) is 11.3 Å². The number of nitrogen functional groups attached to an aromatic ring is 1. The highest BCUT2D eigenvalue weighted by Gasteiger charge is 2.17. The Labute approximate surface area is 106 Å². The minimum Gasteiger partial charge on any atom is -0.383 e. The molecule has 0 amide bonds. The highest BCUT2D eigenvalue weighted by Crippen LogP contribution is 2.31. The van der Waals surface area contributed by atoms with Crippen molar-refractivity contribution in [1.29, 1.82) is 0 Å². The van der Waals surface area contributed by atoms with Gasteiger partial charge in [-0.2, -0.15) is 0 Å². The van der Waals surface area contributed by atoms with E-state index in [-0.39, 0.29) is 0 Å². The van der Waals surface area contributed by atoms with Crippen molar-refractivity contribution in [2.24, 2.45) is 0 Å². The molecule has 0 radical (unpaired) electrons. The number of pyridine rings is 1. The molecule has 3 rings (SSSR count). The van der Waals surface area contributed by atoms with Gasteiger partial charge in [-0.05, 0) is 31.4 Å². The molecule has 0 fully saturated rings. The first-order valence-electron chi connectivity index (χ1n) is 6.24. The van der Waals surface area contributed by atoms with E-state index in [1.807, 2.05) is 24.7 Å². The van der Waals surface area contributed by atoms with E-state index in [2.05, 4.69) is 26.7 Å². The van der Waals surface area contributed by atoms with Gasteiger partial charge in [-0.25, -0.2) is 9.97 Å². The molecule has 4 nitrogen and oxygen atoms in total. The first kappa shape index (κ1) is 11.0. The smallest absolute Gasteiger partial charge is 0.132 e. The van der Waals surface area contributed by atoms with Gasteiger partial charge in [0, 0.05) is 17.8 Å². The molecule has 2 aromatic rings. The number of aromatic nitrogens is 3. The van der Waals surface area contributed by atoms with Crippen molar-refractivity contribution in [3.63, 3.8) is 0 Å². The average Bonchev–Trinajstić information content (AvgIpc) is 2.89. The molecule has 0 saturated carbocycles. The molecule has 0 bridgehead atoms. The van der Waals surface area contributed by atoms with Crippen LogP contribution in [0.5, 0.6) is 0 Å². The van der Waals surface area contributed by atoms with Gasteiger partial charge in [-0.3, -0.25) is 0 Å². The fourth-order valence-electron chi connectivity index (χ4n) is 2.47. The molecule has 0 aliphatic heterocycles. The molecule has 92 valence electrons. The van der Waals surface area contributed by atoms with E-state index in [1.165, 1.54) is 0 Å². The summed E-state index contributed by atoms with van der Waals surface area (Å²) in [4.78, 5) is 8.41. The second kappa shape index (κ2) is 4.64. The second-order valence-corrected chi connectivity index (χ2v) is 4.56. The van der Waals surface area contributed by atoms with Crippen molar-refractivity contribution in [2.75, 3.05) is 5.73 Å². The van der Waals surface area contributed by atoms with E-state index in [4.69, 9.17) is 5.73 Å². The molecule has 1 aliphatic rings. The van der Waals surface area contributed by atoms with Crippen LogP contribution in [-0.2, 0) is 0 Å².